The molecule has 0 unspecified atom stereocenters. The van der Waals surface area contributed by atoms with E-state index in [-0.39, 0.29) is 36.0 Å². The highest BCUT2D eigenvalue weighted by molar-refractivity contribution is 5.94. The molecule has 0 saturated heterocycles. The number of carbonyl (C=O) groups excluding carboxylic acids is 2. The number of alkyl halides is 3. The fraction of sp³-hybridized carbons (Fsp3) is 0.290. The van der Waals surface area contributed by atoms with Gasteiger partial charge in [0.25, 0.3) is 5.91 Å². The summed E-state index contributed by atoms with van der Waals surface area (Å²) < 4.78 is 84.6. The molecule has 1 aliphatic rings. The number of nitrogens with two attached hydrogens (primary N) is 1. The van der Waals surface area contributed by atoms with Gasteiger partial charge in [-0.3, -0.25) is 19.3 Å². The van der Waals surface area contributed by atoms with Gasteiger partial charge in [-0.25, -0.2) is 13.2 Å². The molecule has 1 atom stereocenters. The van der Waals surface area contributed by atoms with E-state index in [0.717, 1.165) is 22.9 Å². The maximum atomic E-state index is 14.2. The Morgan fingerprint density at radius 3 is 2.40 bits per heavy atom. The van der Waals surface area contributed by atoms with Gasteiger partial charge >= 0.3 is 6.18 Å². The van der Waals surface area contributed by atoms with Crippen molar-refractivity contribution < 1.29 is 35.9 Å². The molecule has 1 amide bonds. The second kappa shape index (κ2) is 12.0. The summed E-state index contributed by atoms with van der Waals surface area (Å²) in [6.07, 6.45) is -1.71. The van der Waals surface area contributed by atoms with Crippen molar-refractivity contribution in [3.63, 3.8) is 0 Å². The normalized spacial score (nSPS) is 13.9. The second-order valence-electron chi connectivity index (χ2n) is 10.6. The Labute approximate surface area is 242 Å². The third-order valence-corrected chi connectivity index (χ3v) is 7.50. The van der Waals surface area contributed by atoms with Crippen molar-refractivity contribution in [2.45, 2.75) is 57.2 Å². The van der Waals surface area contributed by atoms with Crippen molar-refractivity contribution in [1.29, 1.82) is 0 Å². The average Bonchev–Trinajstić information content (AvgIpc) is 3.31. The number of halogens is 6. The van der Waals surface area contributed by atoms with E-state index in [4.69, 9.17) is 5.73 Å². The topological polar surface area (TPSA) is 90.9 Å². The van der Waals surface area contributed by atoms with E-state index in [2.05, 4.69) is 10.1 Å². The van der Waals surface area contributed by atoms with Crippen LogP contribution in [0.15, 0.2) is 54.7 Å². The summed E-state index contributed by atoms with van der Waals surface area (Å²) in [6.45, 7) is -0.434. The predicted molar refractivity (Wildman–Crippen MR) is 144 cm³/mol. The number of carbonyl (C=O) groups is 2. The fourth-order valence-corrected chi connectivity index (χ4v) is 5.68. The SMILES string of the molecule is NC(=O)c1cc(-c2cccnc2[C@@H](CC(=O)Cn2nc(C(F)(F)F)c3c2CCCC3)Cc2cc(F)cc(F)c2)ccc1F. The standard InChI is InChI=1S/C31H26F6N4O2/c32-20-11-17(12-21(33)15-20)10-19(28-23(5-3-9-39-28)18-7-8-26(34)25(14-18)30(38)43)13-22(42)16-41-27-6-2-1-4-24(27)29(40-41)31(35,36)37/h3,5,7-9,11-12,14-15,19H,1-2,4,6,10,13,16H2,(H2,38,43)/t19-/m1/s1. The van der Waals surface area contributed by atoms with Crippen LogP contribution in [0.4, 0.5) is 26.3 Å². The van der Waals surface area contributed by atoms with Gasteiger partial charge in [0.1, 0.15) is 17.5 Å². The predicted octanol–water partition coefficient (Wildman–Crippen LogP) is 6.34. The molecule has 4 aromatic rings. The highest BCUT2D eigenvalue weighted by Gasteiger charge is 2.39. The summed E-state index contributed by atoms with van der Waals surface area (Å²) in [6, 6.07) is 9.86. The van der Waals surface area contributed by atoms with Gasteiger partial charge in [0.2, 0.25) is 0 Å². The number of rotatable bonds is 9. The van der Waals surface area contributed by atoms with Crippen molar-refractivity contribution >= 4 is 11.7 Å². The smallest absolute Gasteiger partial charge is 0.366 e. The van der Waals surface area contributed by atoms with Crippen LogP contribution in [0.2, 0.25) is 0 Å². The van der Waals surface area contributed by atoms with E-state index in [1.54, 1.807) is 12.1 Å². The molecule has 0 saturated carbocycles. The minimum Gasteiger partial charge on any atom is -0.366 e. The molecule has 0 fully saturated rings. The summed E-state index contributed by atoms with van der Waals surface area (Å²) in [5, 5.41) is 3.77. The third kappa shape index (κ3) is 6.63. The van der Waals surface area contributed by atoms with Gasteiger partial charge in [-0.1, -0.05) is 12.1 Å². The Kier molecular flexibility index (Phi) is 8.38. The number of pyridine rings is 1. The molecule has 0 spiro atoms. The van der Waals surface area contributed by atoms with E-state index in [0.29, 0.717) is 47.8 Å². The first-order chi connectivity index (χ1) is 20.4. The molecule has 2 aromatic carbocycles. The quantitative estimate of drug-likeness (QED) is 0.227. The maximum absolute atomic E-state index is 14.2. The molecule has 2 N–H and O–H groups in total. The van der Waals surface area contributed by atoms with Crippen LogP contribution >= 0.6 is 0 Å². The fourth-order valence-electron chi connectivity index (χ4n) is 5.68. The van der Waals surface area contributed by atoms with E-state index in [1.165, 1.54) is 18.3 Å². The van der Waals surface area contributed by atoms with Gasteiger partial charge in [0, 0.05) is 41.4 Å². The number of ketones is 1. The van der Waals surface area contributed by atoms with Crippen LogP contribution in [0.3, 0.4) is 0 Å². The van der Waals surface area contributed by atoms with Crippen molar-refractivity contribution in [2.75, 3.05) is 0 Å². The molecule has 43 heavy (non-hydrogen) atoms. The summed E-state index contributed by atoms with van der Waals surface area (Å²) in [7, 11) is 0. The molecule has 0 bridgehead atoms. The van der Waals surface area contributed by atoms with Gasteiger partial charge in [-0.15, -0.1) is 0 Å². The zero-order valence-corrected chi connectivity index (χ0v) is 22.7. The van der Waals surface area contributed by atoms with E-state index >= 15 is 0 Å². The van der Waals surface area contributed by atoms with Crippen molar-refractivity contribution in [3.05, 3.63) is 106 Å². The van der Waals surface area contributed by atoms with Crippen LogP contribution in [0.1, 0.15) is 63.7 Å². The Hall–Kier alpha value is -4.48. The van der Waals surface area contributed by atoms with Crippen LogP contribution < -0.4 is 5.73 Å². The number of nitrogens with zero attached hydrogens (tertiary/aromatic N) is 3. The minimum absolute atomic E-state index is 0.0562. The van der Waals surface area contributed by atoms with Gasteiger partial charge in [-0.2, -0.15) is 18.3 Å². The molecule has 224 valence electrons. The van der Waals surface area contributed by atoms with Crippen LogP contribution in [-0.4, -0.2) is 26.5 Å². The Morgan fingerprint density at radius 1 is 0.977 bits per heavy atom. The first-order valence-corrected chi connectivity index (χ1v) is 13.6. The van der Waals surface area contributed by atoms with Crippen molar-refractivity contribution in [3.8, 4) is 11.1 Å². The molecule has 12 heteroatoms. The van der Waals surface area contributed by atoms with E-state index in [1.807, 2.05) is 0 Å². The number of hydrogen-bond donors (Lipinski definition) is 1. The van der Waals surface area contributed by atoms with Crippen molar-refractivity contribution in [1.82, 2.24) is 14.8 Å². The maximum Gasteiger partial charge on any atom is 0.435 e. The molecular formula is C31H26F6N4O2. The summed E-state index contributed by atoms with van der Waals surface area (Å²) in [5.41, 5.74) is 5.74. The lowest BCUT2D eigenvalue weighted by atomic mass is 9.86. The largest absolute Gasteiger partial charge is 0.435 e. The van der Waals surface area contributed by atoms with E-state index in [9.17, 15) is 35.9 Å². The number of fused-ring (bicyclic) bond motifs is 1. The highest BCUT2D eigenvalue weighted by atomic mass is 19.4. The lowest BCUT2D eigenvalue weighted by Gasteiger charge is -2.20. The van der Waals surface area contributed by atoms with Crippen LogP contribution in [0.5, 0.6) is 0 Å². The summed E-state index contributed by atoms with van der Waals surface area (Å²) >= 11 is 0. The number of hydrogen-bond acceptors (Lipinski definition) is 4. The molecule has 6 nitrogen and oxygen atoms in total. The highest BCUT2D eigenvalue weighted by Crippen LogP contribution is 2.37. The first kappa shape index (κ1) is 30.0. The number of amides is 1. The van der Waals surface area contributed by atoms with Crippen LogP contribution in [0.25, 0.3) is 11.1 Å². The second-order valence-corrected chi connectivity index (χ2v) is 10.6. The first-order valence-electron chi connectivity index (χ1n) is 13.6. The molecule has 2 heterocycles. The lowest BCUT2D eigenvalue weighted by molar-refractivity contribution is -0.142. The zero-order valence-electron chi connectivity index (χ0n) is 22.7. The Balaban J connectivity index is 1.52. The molecule has 2 aromatic heterocycles. The number of primary amides is 1. The third-order valence-electron chi connectivity index (χ3n) is 7.50. The molecule has 0 radical (unpaired) electrons. The lowest BCUT2D eigenvalue weighted by Crippen LogP contribution is -2.20. The van der Waals surface area contributed by atoms with Gasteiger partial charge in [0.15, 0.2) is 11.5 Å². The minimum atomic E-state index is -4.67. The Morgan fingerprint density at radius 2 is 1.70 bits per heavy atom. The van der Waals surface area contributed by atoms with E-state index < -0.39 is 53.5 Å². The van der Waals surface area contributed by atoms with Crippen LogP contribution in [0, 0.1) is 17.5 Å². The van der Waals surface area contributed by atoms with Crippen molar-refractivity contribution in [2.24, 2.45) is 5.73 Å². The molecular weight excluding hydrogens is 574 g/mol. The average molecular weight is 601 g/mol. The zero-order chi connectivity index (χ0) is 30.9. The van der Waals surface area contributed by atoms with Gasteiger partial charge in [0.05, 0.1) is 17.8 Å². The summed E-state index contributed by atoms with van der Waals surface area (Å²) in [4.78, 5) is 29.7. The number of benzene rings is 2. The Bertz CT molecular complexity index is 1680. The number of aromatic nitrogens is 3. The van der Waals surface area contributed by atoms with Crippen LogP contribution in [-0.2, 0) is 36.8 Å². The molecule has 0 aliphatic heterocycles. The molecule has 5 rings (SSSR count). The molecule has 1 aliphatic carbocycles. The monoisotopic (exact) mass is 600 g/mol. The van der Waals surface area contributed by atoms with Gasteiger partial charge < -0.3 is 5.73 Å². The number of Topliss-reactive ketones (excluding diaryl/α,β-unsaturated/α-hetero) is 1. The summed E-state index contributed by atoms with van der Waals surface area (Å²) in [5.74, 6) is -4.75. The van der Waals surface area contributed by atoms with Gasteiger partial charge in [-0.05, 0) is 73.6 Å².